The number of hydrogen-bond acceptors (Lipinski definition) is 0. The van der Waals surface area contributed by atoms with Gasteiger partial charge in [-0.1, -0.05) is 0 Å². The van der Waals surface area contributed by atoms with E-state index in [9.17, 15) is 0 Å². The van der Waals surface area contributed by atoms with E-state index in [0.717, 1.165) is 0 Å². The second kappa shape index (κ2) is 2790. The molecule has 0 aliphatic rings. The highest BCUT2D eigenvalue weighted by Crippen LogP contribution is 0.864. The van der Waals surface area contributed by atoms with Gasteiger partial charge < -0.3 is 0 Å². The summed E-state index contributed by atoms with van der Waals surface area (Å²) in [5.41, 5.74) is 0. The standard InChI is InChI=1S/2C2H4.2H2S/c2*1-2;;/h2*1-2H2;2*1H2. The van der Waals surface area contributed by atoms with Gasteiger partial charge in [0.2, 0.25) is 0 Å². The minimum Gasteiger partial charge on any atom is -0.197 e. The molecule has 0 aromatic rings. The van der Waals surface area contributed by atoms with E-state index in [1.54, 1.807) is 0 Å². The third kappa shape index (κ3) is 1300. The van der Waals surface area contributed by atoms with Crippen molar-refractivity contribution in [1.82, 2.24) is 0 Å². The van der Waals surface area contributed by atoms with Gasteiger partial charge in [-0.3, -0.25) is 0 Å². The van der Waals surface area contributed by atoms with Crippen LogP contribution in [0.15, 0.2) is 26.3 Å². The molecule has 0 rings (SSSR count). The van der Waals surface area contributed by atoms with Crippen molar-refractivity contribution < 1.29 is 0 Å². The van der Waals surface area contributed by atoms with Crippen LogP contribution in [0.25, 0.3) is 0 Å². The molecule has 0 saturated carbocycles. The highest BCUT2D eigenvalue weighted by atomic mass is 32.1. The molecular weight excluding hydrogens is 112 g/mol. The highest BCUT2D eigenvalue weighted by Gasteiger charge is 0.603. The Morgan fingerprint density at radius 1 is 0.500 bits per heavy atom. The third-order valence-electron chi connectivity index (χ3n) is 0. The van der Waals surface area contributed by atoms with Gasteiger partial charge >= 0.3 is 0 Å². The first-order valence-electron chi connectivity index (χ1n) is 1.000. The molecule has 0 fully saturated rings. The monoisotopic (exact) mass is 124 g/mol. The van der Waals surface area contributed by atoms with E-state index in [1.165, 1.54) is 0 Å². The smallest absolute Gasteiger partial charge is 0.106 e. The van der Waals surface area contributed by atoms with Gasteiger partial charge in [-0.2, -0.15) is 27.0 Å². The molecule has 2 heteroatoms. The molecule has 0 N–H and O–H groups in total. The normalized spacial score (nSPS) is 1.33. The molecule has 0 spiro atoms. The first kappa shape index (κ1) is 34.9. The van der Waals surface area contributed by atoms with Crippen LogP contribution in [0.5, 0.6) is 0 Å². The van der Waals surface area contributed by atoms with Crippen LogP contribution in [-0.2, 0) is 0 Å². The average Bonchev–Trinajstić information content (AvgIpc) is 1.50. The van der Waals surface area contributed by atoms with Gasteiger partial charge in [-0.15, -0.1) is 26.3 Å². The van der Waals surface area contributed by atoms with E-state index >= 15 is 0 Å². The molecule has 0 atom stereocenters. The number of hydrogen-bond donors (Lipinski definition) is 0. The van der Waals surface area contributed by atoms with Gasteiger partial charge in [0.1, 0.15) is 0 Å². The van der Waals surface area contributed by atoms with Gasteiger partial charge in [-0.25, -0.2) is 0 Å². The lowest BCUT2D eigenvalue weighted by Gasteiger charge is -0.813. The summed E-state index contributed by atoms with van der Waals surface area (Å²) in [6, 6.07) is 0. The van der Waals surface area contributed by atoms with Gasteiger partial charge in [0, 0.05) is 0 Å². The Balaban J connectivity index is -0.00000000500. The predicted molar refractivity (Wildman–Crippen MR) is 43.3 cm³/mol. The molecule has 0 radical (unpaired) electrons. The maximum absolute atomic E-state index is 3.00. The van der Waals surface area contributed by atoms with Crippen molar-refractivity contribution in [3.05, 3.63) is 26.3 Å². The van der Waals surface area contributed by atoms with E-state index in [0.29, 0.717) is 0 Å². The lowest BCUT2D eigenvalue weighted by molar-refractivity contribution is 2.81. The lowest BCUT2D eigenvalue weighted by Crippen LogP contribution is -0.552. The first-order valence-corrected chi connectivity index (χ1v) is 1.000. The molecule has 0 aliphatic heterocycles. The van der Waals surface area contributed by atoms with Crippen LogP contribution >= 0.6 is 27.0 Å². The zero-order chi connectivity index (χ0) is 4.00. The second-order valence-electron chi connectivity index (χ2n) is 0. The molecule has 0 unspecified atom stereocenters. The zero-order valence-corrected chi connectivity index (χ0v) is 5.83. The van der Waals surface area contributed by atoms with Crippen LogP contribution in [0.1, 0.15) is 0 Å². The van der Waals surface area contributed by atoms with Crippen molar-refractivity contribution in [2.45, 2.75) is 0 Å². The van der Waals surface area contributed by atoms with Crippen molar-refractivity contribution in [2.75, 3.05) is 0 Å². The molecule has 0 bridgehead atoms. The molecule has 0 amide bonds. The van der Waals surface area contributed by atoms with Gasteiger partial charge in [0.05, 0.1) is 0 Å². The maximum atomic E-state index is 3.00. The largest absolute Gasteiger partial charge is 0.197 e. The van der Waals surface area contributed by atoms with Gasteiger partial charge in [0.15, 0.2) is 0 Å². The molecule has 0 nitrogen and oxygen atoms in total. The molecule has 0 aliphatic carbocycles. The second-order valence-corrected chi connectivity index (χ2v) is 0. The summed E-state index contributed by atoms with van der Waals surface area (Å²) < 4.78 is 0. The van der Waals surface area contributed by atoms with E-state index in [4.69, 9.17) is 0 Å². The Hall–Kier alpha value is 0.180. The van der Waals surface area contributed by atoms with Crippen molar-refractivity contribution in [2.24, 2.45) is 0 Å². The molecule has 40 valence electrons. The Labute approximate surface area is 53.8 Å². The van der Waals surface area contributed by atoms with Crippen molar-refractivity contribution in [3.8, 4) is 0 Å². The fourth-order valence-electron chi connectivity index (χ4n) is 0. The summed E-state index contributed by atoms with van der Waals surface area (Å²) in [6.45, 7) is 12.0. The summed E-state index contributed by atoms with van der Waals surface area (Å²) in [4.78, 5) is 0. The topological polar surface area (TPSA) is 0 Å². The summed E-state index contributed by atoms with van der Waals surface area (Å²) >= 11 is 0. The van der Waals surface area contributed by atoms with Crippen LogP contribution in [0.2, 0.25) is 0 Å². The van der Waals surface area contributed by atoms with Gasteiger partial charge in [-0.05, 0) is 0 Å². The summed E-state index contributed by atoms with van der Waals surface area (Å²) in [5, 5.41) is 0. The fourth-order valence-corrected chi connectivity index (χ4v) is 0. The molecule has 0 heterocycles. The minimum absolute atomic E-state index is 0. The van der Waals surface area contributed by atoms with Crippen LogP contribution in [0.3, 0.4) is 0 Å². The predicted octanol–water partition coefficient (Wildman–Crippen LogP) is 1.83. The summed E-state index contributed by atoms with van der Waals surface area (Å²) in [6.07, 6.45) is 0. The van der Waals surface area contributed by atoms with E-state index in [2.05, 4.69) is 26.3 Å². The molecular formula is C4H12S2. The van der Waals surface area contributed by atoms with Crippen molar-refractivity contribution in [1.29, 1.82) is 0 Å². The van der Waals surface area contributed by atoms with E-state index < -0.39 is 0 Å². The van der Waals surface area contributed by atoms with Crippen molar-refractivity contribution >= 4 is 27.0 Å². The lowest BCUT2D eigenvalue weighted by atomic mass is 11.3. The van der Waals surface area contributed by atoms with Gasteiger partial charge in [0.25, 0.3) is 0 Å². The van der Waals surface area contributed by atoms with E-state index in [-0.39, 0.29) is 27.0 Å². The maximum Gasteiger partial charge on any atom is -0.106 e. The first-order chi connectivity index (χ1) is 2.00. The summed E-state index contributed by atoms with van der Waals surface area (Å²) in [5.74, 6) is 0. The Morgan fingerprint density at radius 3 is 0.500 bits per heavy atom. The number of rotatable bonds is 0. The SMILES string of the molecule is C=C.C=C.S.S. The summed E-state index contributed by atoms with van der Waals surface area (Å²) in [7, 11) is 0. The molecule has 0 saturated heterocycles. The highest BCUT2D eigenvalue weighted by molar-refractivity contribution is 7.59. The zero-order valence-electron chi connectivity index (χ0n) is 3.83. The molecule has 0 aromatic heterocycles. The van der Waals surface area contributed by atoms with Crippen LogP contribution in [-0.4, -0.2) is 0 Å². The van der Waals surface area contributed by atoms with Crippen molar-refractivity contribution in [3.63, 3.8) is 0 Å². The minimum atomic E-state index is 0. The van der Waals surface area contributed by atoms with Crippen LogP contribution < -0.4 is 0 Å². The molecule has 0 aromatic carbocycles. The van der Waals surface area contributed by atoms with Crippen LogP contribution in [0, 0.1) is 0 Å². The average molecular weight is 124 g/mol. The Kier molecular flexibility index (Phi) is 16200. The van der Waals surface area contributed by atoms with Crippen LogP contribution in [0.4, 0.5) is 0 Å². The Bertz CT molecular complexity index is 7.51. The third-order valence-corrected chi connectivity index (χ3v) is 0. The molecule has 6 heavy (non-hydrogen) atoms. The quantitative estimate of drug-likeness (QED) is 0.432. The van der Waals surface area contributed by atoms with E-state index in [1.807, 2.05) is 0 Å². The fraction of sp³-hybridized carbons (Fsp3) is 0. The Morgan fingerprint density at radius 2 is 0.500 bits per heavy atom.